The number of ether oxygens (including phenoxy) is 2. The molecule has 8 nitrogen and oxygen atoms in total. The van der Waals surface area contributed by atoms with Crippen LogP contribution in [0.5, 0.6) is 17.2 Å². The van der Waals surface area contributed by atoms with Crippen LogP contribution in [0, 0.1) is 0 Å². The summed E-state index contributed by atoms with van der Waals surface area (Å²) in [7, 11) is 0. The van der Waals surface area contributed by atoms with Crippen LogP contribution in [0.1, 0.15) is 23.7 Å². The van der Waals surface area contributed by atoms with Gasteiger partial charge >= 0.3 is 0 Å². The quantitative estimate of drug-likeness (QED) is 0.311. The van der Waals surface area contributed by atoms with Crippen molar-refractivity contribution in [2.24, 2.45) is 0 Å². The summed E-state index contributed by atoms with van der Waals surface area (Å²) < 4.78 is 11.9. The zero-order valence-corrected chi connectivity index (χ0v) is 19.2. The highest BCUT2D eigenvalue weighted by molar-refractivity contribution is 6.04. The molecular formula is C27H24N4O4. The molecule has 0 fully saturated rings. The number of nitrogens with one attached hydrogen (secondary N) is 2. The van der Waals surface area contributed by atoms with E-state index in [9.17, 15) is 9.59 Å². The molecule has 0 atom stereocenters. The SMILES string of the molecule is C=CC(=O)Nc1cc2c(Oc3ccc(C(=O)Nc4ccccn4)cc3)ccnc2cc1OCCC. The number of rotatable bonds is 9. The first-order valence-electron chi connectivity index (χ1n) is 11.1. The van der Waals surface area contributed by atoms with Crippen LogP contribution in [-0.4, -0.2) is 28.4 Å². The van der Waals surface area contributed by atoms with E-state index in [4.69, 9.17) is 9.47 Å². The standard InChI is InChI=1S/C27H24N4O4/c1-3-15-34-24-17-21-20(16-22(24)30-26(32)4-2)23(12-14-28-21)35-19-10-8-18(9-11-19)27(33)31-25-7-5-6-13-29-25/h4-14,16-17H,2-3,15H2,1H3,(H,30,32)(H,29,31,33). The number of fused-ring (bicyclic) bond motifs is 1. The monoisotopic (exact) mass is 468 g/mol. The molecular weight excluding hydrogens is 444 g/mol. The Kier molecular flexibility index (Phi) is 7.32. The molecule has 0 saturated heterocycles. The van der Waals surface area contributed by atoms with Gasteiger partial charge in [-0.25, -0.2) is 4.98 Å². The molecule has 2 N–H and O–H groups in total. The number of hydrogen-bond acceptors (Lipinski definition) is 6. The number of pyridine rings is 2. The first-order valence-corrected chi connectivity index (χ1v) is 11.1. The molecule has 8 heteroatoms. The van der Waals surface area contributed by atoms with Gasteiger partial charge in [0.2, 0.25) is 5.91 Å². The lowest BCUT2D eigenvalue weighted by Gasteiger charge is -2.15. The fourth-order valence-electron chi connectivity index (χ4n) is 3.28. The smallest absolute Gasteiger partial charge is 0.256 e. The molecule has 176 valence electrons. The topological polar surface area (TPSA) is 102 Å². The van der Waals surface area contributed by atoms with E-state index >= 15 is 0 Å². The number of nitrogens with zero attached hydrogens (tertiary/aromatic N) is 2. The minimum Gasteiger partial charge on any atom is -0.491 e. The second-order valence-electron chi connectivity index (χ2n) is 7.51. The van der Waals surface area contributed by atoms with Crippen molar-refractivity contribution in [3.8, 4) is 17.2 Å². The maximum Gasteiger partial charge on any atom is 0.256 e. The maximum atomic E-state index is 12.5. The van der Waals surface area contributed by atoms with Crippen LogP contribution in [0.2, 0.25) is 0 Å². The van der Waals surface area contributed by atoms with Crippen molar-refractivity contribution in [3.63, 3.8) is 0 Å². The molecule has 4 aromatic rings. The van der Waals surface area contributed by atoms with Gasteiger partial charge in [-0.2, -0.15) is 0 Å². The Morgan fingerprint density at radius 3 is 2.51 bits per heavy atom. The van der Waals surface area contributed by atoms with Gasteiger partial charge in [-0.05, 0) is 61.0 Å². The summed E-state index contributed by atoms with van der Waals surface area (Å²) >= 11 is 0. The van der Waals surface area contributed by atoms with E-state index in [-0.39, 0.29) is 11.8 Å². The van der Waals surface area contributed by atoms with Crippen LogP contribution in [0.3, 0.4) is 0 Å². The lowest BCUT2D eigenvalue weighted by Crippen LogP contribution is -2.12. The third-order valence-corrected chi connectivity index (χ3v) is 4.96. The van der Waals surface area contributed by atoms with E-state index in [2.05, 4.69) is 27.2 Å². The number of anilines is 2. The summed E-state index contributed by atoms with van der Waals surface area (Å²) in [6.45, 7) is 6.00. The lowest BCUT2D eigenvalue weighted by molar-refractivity contribution is -0.111. The van der Waals surface area contributed by atoms with Gasteiger partial charge in [0.05, 0.1) is 17.8 Å². The van der Waals surface area contributed by atoms with E-state index < -0.39 is 0 Å². The Balaban J connectivity index is 1.58. The third kappa shape index (κ3) is 5.80. The predicted octanol–water partition coefficient (Wildman–Crippen LogP) is 5.59. The van der Waals surface area contributed by atoms with Crippen molar-refractivity contribution in [3.05, 3.63) is 91.3 Å². The van der Waals surface area contributed by atoms with Crippen LogP contribution in [-0.2, 0) is 4.79 Å². The second kappa shape index (κ2) is 10.9. The zero-order valence-electron chi connectivity index (χ0n) is 19.2. The highest BCUT2D eigenvalue weighted by atomic mass is 16.5. The Morgan fingerprint density at radius 2 is 1.80 bits per heavy atom. The average molecular weight is 469 g/mol. The van der Waals surface area contributed by atoms with E-state index in [1.54, 1.807) is 73.1 Å². The van der Waals surface area contributed by atoms with Crippen molar-refractivity contribution in [1.82, 2.24) is 9.97 Å². The molecule has 0 spiro atoms. The number of hydrogen-bond donors (Lipinski definition) is 2. The van der Waals surface area contributed by atoms with E-state index in [0.29, 0.717) is 51.8 Å². The minimum absolute atomic E-state index is 0.271. The van der Waals surface area contributed by atoms with Gasteiger partial charge in [0.1, 0.15) is 23.1 Å². The molecule has 2 aromatic heterocycles. The van der Waals surface area contributed by atoms with Gasteiger partial charge in [0, 0.05) is 29.4 Å². The van der Waals surface area contributed by atoms with Crippen molar-refractivity contribution >= 4 is 34.2 Å². The van der Waals surface area contributed by atoms with Crippen molar-refractivity contribution in [2.45, 2.75) is 13.3 Å². The molecule has 0 aliphatic heterocycles. The van der Waals surface area contributed by atoms with Crippen LogP contribution >= 0.6 is 0 Å². The third-order valence-electron chi connectivity index (χ3n) is 4.96. The average Bonchev–Trinajstić information content (AvgIpc) is 2.88. The summed E-state index contributed by atoms with van der Waals surface area (Å²) in [5, 5.41) is 6.21. The van der Waals surface area contributed by atoms with Gasteiger partial charge in [0.15, 0.2) is 0 Å². The highest BCUT2D eigenvalue weighted by Crippen LogP contribution is 2.36. The Morgan fingerprint density at radius 1 is 0.971 bits per heavy atom. The first kappa shape index (κ1) is 23.4. The Bertz CT molecular complexity index is 1360. The van der Waals surface area contributed by atoms with Gasteiger partial charge in [0.25, 0.3) is 5.91 Å². The van der Waals surface area contributed by atoms with Crippen LogP contribution < -0.4 is 20.1 Å². The van der Waals surface area contributed by atoms with Crippen LogP contribution in [0.15, 0.2) is 85.7 Å². The summed E-state index contributed by atoms with van der Waals surface area (Å²) in [4.78, 5) is 32.9. The van der Waals surface area contributed by atoms with Gasteiger partial charge in [-0.3, -0.25) is 14.6 Å². The minimum atomic E-state index is -0.350. The largest absolute Gasteiger partial charge is 0.491 e. The summed E-state index contributed by atoms with van der Waals surface area (Å²) in [5.41, 5.74) is 1.61. The molecule has 2 heterocycles. The maximum absolute atomic E-state index is 12.5. The fourth-order valence-corrected chi connectivity index (χ4v) is 3.28. The number of aromatic nitrogens is 2. The molecule has 35 heavy (non-hydrogen) atoms. The Hall–Kier alpha value is -4.72. The molecule has 0 aliphatic carbocycles. The predicted molar refractivity (Wildman–Crippen MR) is 135 cm³/mol. The van der Waals surface area contributed by atoms with Crippen LogP contribution in [0.4, 0.5) is 11.5 Å². The van der Waals surface area contributed by atoms with E-state index in [0.717, 1.165) is 6.42 Å². The van der Waals surface area contributed by atoms with Crippen molar-refractivity contribution < 1.29 is 19.1 Å². The Labute approximate surface area is 202 Å². The molecule has 0 unspecified atom stereocenters. The van der Waals surface area contributed by atoms with E-state index in [1.165, 1.54) is 6.08 Å². The van der Waals surface area contributed by atoms with Crippen LogP contribution in [0.25, 0.3) is 10.9 Å². The van der Waals surface area contributed by atoms with Gasteiger partial charge in [-0.15, -0.1) is 0 Å². The van der Waals surface area contributed by atoms with Crippen molar-refractivity contribution in [1.29, 1.82) is 0 Å². The first-order chi connectivity index (χ1) is 17.1. The molecule has 0 radical (unpaired) electrons. The fraction of sp³-hybridized carbons (Fsp3) is 0.111. The van der Waals surface area contributed by atoms with Gasteiger partial charge < -0.3 is 20.1 Å². The molecule has 0 saturated carbocycles. The zero-order chi connectivity index (χ0) is 24.6. The second-order valence-corrected chi connectivity index (χ2v) is 7.51. The number of carbonyl (C=O) groups excluding carboxylic acids is 2. The lowest BCUT2D eigenvalue weighted by atomic mass is 10.1. The molecule has 4 rings (SSSR count). The van der Waals surface area contributed by atoms with E-state index in [1.807, 2.05) is 6.92 Å². The molecule has 2 aromatic carbocycles. The summed E-state index contributed by atoms with van der Waals surface area (Å²) in [6.07, 6.45) is 5.26. The number of benzene rings is 2. The van der Waals surface area contributed by atoms with Gasteiger partial charge in [-0.1, -0.05) is 19.6 Å². The summed E-state index contributed by atoms with van der Waals surface area (Å²) in [6, 6.07) is 17.3. The molecule has 0 aliphatic rings. The normalized spacial score (nSPS) is 10.4. The number of amides is 2. The number of carbonyl (C=O) groups is 2. The molecule has 0 bridgehead atoms. The van der Waals surface area contributed by atoms with Crippen molar-refractivity contribution in [2.75, 3.05) is 17.2 Å². The summed E-state index contributed by atoms with van der Waals surface area (Å²) in [5.74, 6) is 1.44. The highest BCUT2D eigenvalue weighted by Gasteiger charge is 2.13. The molecule has 2 amide bonds.